The van der Waals surface area contributed by atoms with Crippen molar-refractivity contribution in [1.29, 1.82) is 0 Å². The third kappa shape index (κ3) is 2.83. The molecular formula is C14H17BrN2O2. The number of nitrogens with zero attached hydrogens (tertiary/aromatic N) is 1. The SMILES string of the molecule is O=C(C1CNC1)N1CCOC(c2ccc(Br)cc2)C1. The highest BCUT2D eigenvalue weighted by Crippen LogP contribution is 2.25. The number of halogens is 1. The maximum atomic E-state index is 12.2. The van der Waals surface area contributed by atoms with Gasteiger partial charge in [-0.3, -0.25) is 4.79 Å². The molecular weight excluding hydrogens is 308 g/mol. The van der Waals surface area contributed by atoms with E-state index >= 15 is 0 Å². The minimum atomic E-state index is -0.00108. The molecule has 1 amide bonds. The number of rotatable bonds is 2. The molecule has 2 heterocycles. The summed E-state index contributed by atoms with van der Waals surface area (Å²) in [6.07, 6.45) is -0.00108. The molecule has 3 rings (SSSR count). The Morgan fingerprint density at radius 2 is 2.05 bits per heavy atom. The number of carbonyl (C=O) groups excluding carboxylic acids is 1. The monoisotopic (exact) mass is 324 g/mol. The third-order valence-electron chi connectivity index (χ3n) is 3.75. The van der Waals surface area contributed by atoms with Gasteiger partial charge in [-0.1, -0.05) is 28.1 Å². The second-order valence-corrected chi connectivity index (χ2v) is 5.97. The Labute approximate surface area is 121 Å². The lowest BCUT2D eigenvalue weighted by molar-refractivity contribution is -0.144. The van der Waals surface area contributed by atoms with Gasteiger partial charge in [-0.2, -0.15) is 0 Å². The highest BCUT2D eigenvalue weighted by molar-refractivity contribution is 9.10. The quantitative estimate of drug-likeness (QED) is 0.897. The summed E-state index contributed by atoms with van der Waals surface area (Å²) in [5.74, 6) is 0.438. The zero-order valence-corrected chi connectivity index (χ0v) is 12.2. The number of ether oxygens (including phenoxy) is 1. The maximum absolute atomic E-state index is 12.2. The summed E-state index contributed by atoms with van der Waals surface area (Å²) >= 11 is 3.43. The van der Waals surface area contributed by atoms with Crippen LogP contribution in [0.1, 0.15) is 11.7 Å². The molecule has 2 aliphatic heterocycles. The molecule has 2 aliphatic rings. The van der Waals surface area contributed by atoms with Gasteiger partial charge < -0.3 is 15.0 Å². The Hall–Kier alpha value is -0.910. The molecule has 0 saturated carbocycles. The number of nitrogens with one attached hydrogen (secondary N) is 1. The van der Waals surface area contributed by atoms with Gasteiger partial charge in [0.25, 0.3) is 0 Å². The van der Waals surface area contributed by atoms with Gasteiger partial charge in [0.2, 0.25) is 5.91 Å². The van der Waals surface area contributed by atoms with Gasteiger partial charge in [-0.25, -0.2) is 0 Å². The van der Waals surface area contributed by atoms with E-state index in [0.717, 1.165) is 23.1 Å². The second-order valence-electron chi connectivity index (χ2n) is 5.05. The number of benzene rings is 1. The molecule has 1 atom stereocenters. The smallest absolute Gasteiger partial charge is 0.228 e. The zero-order chi connectivity index (χ0) is 13.2. The normalized spacial score (nSPS) is 24.1. The van der Waals surface area contributed by atoms with Crippen LogP contribution in [0.15, 0.2) is 28.7 Å². The fourth-order valence-electron chi connectivity index (χ4n) is 2.45. The first kappa shape index (κ1) is 13.1. The minimum absolute atomic E-state index is 0.00108. The summed E-state index contributed by atoms with van der Waals surface area (Å²) in [7, 11) is 0. The molecule has 0 bridgehead atoms. The first-order chi connectivity index (χ1) is 9.24. The van der Waals surface area contributed by atoms with Gasteiger partial charge in [-0.15, -0.1) is 0 Å². The highest BCUT2D eigenvalue weighted by atomic mass is 79.9. The van der Waals surface area contributed by atoms with Crippen LogP contribution in [0.25, 0.3) is 0 Å². The zero-order valence-electron chi connectivity index (χ0n) is 10.6. The fraction of sp³-hybridized carbons (Fsp3) is 0.500. The van der Waals surface area contributed by atoms with E-state index in [9.17, 15) is 4.79 Å². The Morgan fingerprint density at radius 1 is 1.32 bits per heavy atom. The molecule has 1 unspecified atom stereocenters. The third-order valence-corrected chi connectivity index (χ3v) is 4.28. The van der Waals surface area contributed by atoms with Crippen molar-refractivity contribution in [3.63, 3.8) is 0 Å². The highest BCUT2D eigenvalue weighted by Gasteiger charge is 2.32. The lowest BCUT2D eigenvalue weighted by atomic mass is 10.0. The van der Waals surface area contributed by atoms with Crippen molar-refractivity contribution in [1.82, 2.24) is 10.2 Å². The number of morpholine rings is 1. The molecule has 2 fully saturated rings. The summed E-state index contributed by atoms with van der Waals surface area (Å²) in [4.78, 5) is 14.2. The Bertz CT molecular complexity index is 459. The van der Waals surface area contributed by atoms with Crippen molar-refractivity contribution in [2.45, 2.75) is 6.10 Å². The van der Waals surface area contributed by atoms with Crippen molar-refractivity contribution >= 4 is 21.8 Å². The number of hydrogen-bond donors (Lipinski definition) is 1. The molecule has 2 saturated heterocycles. The molecule has 0 spiro atoms. The minimum Gasteiger partial charge on any atom is -0.370 e. The molecule has 19 heavy (non-hydrogen) atoms. The molecule has 5 heteroatoms. The van der Waals surface area contributed by atoms with E-state index in [0.29, 0.717) is 19.7 Å². The first-order valence-electron chi connectivity index (χ1n) is 6.60. The number of carbonyl (C=O) groups is 1. The summed E-state index contributed by atoms with van der Waals surface area (Å²) in [5, 5.41) is 3.15. The van der Waals surface area contributed by atoms with Crippen LogP contribution in [0, 0.1) is 5.92 Å². The van der Waals surface area contributed by atoms with Crippen molar-refractivity contribution in [2.24, 2.45) is 5.92 Å². The van der Waals surface area contributed by atoms with Gasteiger partial charge in [0.15, 0.2) is 0 Å². The summed E-state index contributed by atoms with van der Waals surface area (Å²) in [6.45, 7) is 3.63. The molecule has 1 aromatic carbocycles. The van der Waals surface area contributed by atoms with Gasteiger partial charge in [0.1, 0.15) is 6.10 Å². The predicted molar refractivity (Wildman–Crippen MR) is 75.8 cm³/mol. The van der Waals surface area contributed by atoms with Crippen LogP contribution in [0.3, 0.4) is 0 Å². The molecule has 102 valence electrons. The summed E-state index contributed by atoms with van der Waals surface area (Å²) < 4.78 is 6.85. The predicted octanol–water partition coefficient (Wildman–Crippen LogP) is 1.57. The molecule has 0 aromatic heterocycles. The van der Waals surface area contributed by atoms with E-state index in [1.54, 1.807) is 0 Å². The Kier molecular flexibility index (Phi) is 3.86. The maximum Gasteiger partial charge on any atom is 0.228 e. The molecule has 0 radical (unpaired) electrons. The van der Waals surface area contributed by atoms with Crippen LogP contribution in [-0.2, 0) is 9.53 Å². The van der Waals surface area contributed by atoms with Gasteiger partial charge in [0, 0.05) is 24.1 Å². The van der Waals surface area contributed by atoms with E-state index in [-0.39, 0.29) is 17.9 Å². The molecule has 4 nitrogen and oxygen atoms in total. The standard InChI is InChI=1S/C14H17BrN2O2/c15-12-3-1-10(2-4-12)13-9-17(5-6-19-13)14(18)11-7-16-8-11/h1-4,11,13,16H,5-9H2. The van der Waals surface area contributed by atoms with E-state index in [4.69, 9.17) is 4.74 Å². The van der Waals surface area contributed by atoms with Crippen LogP contribution in [0.4, 0.5) is 0 Å². The topological polar surface area (TPSA) is 41.6 Å². The average Bonchev–Trinajstić information content (AvgIpc) is 2.38. The molecule has 0 aliphatic carbocycles. The molecule has 1 N–H and O–H groups in total. The number of hydrogen-bond acceptors (Lipinski definition) is 3. The Morgan fingerprint density at radius 3 is 2.68 bits per heavy atom. The van der Waals surface area contributed by atoms with E-state index in [2.05, 4.69) is 21.2 Å². The lowest BCUT2D eigenvalue weighted by Gasteiger charge is -2.37. The van der Waals surface area contributed by atoms with E-state index in [1.807, 2.05) is 29.2 Å². The first-order valence-corrected chi connectivity index (χ1v) is 7.40. The van der Waals surface area contributed by atoms with Gasteiger partial charge in [-0.05, 0) is 17.7 Å². The number of amides is 1. The summed E-state index contributed by atoms with van der Waals surface area (Å²) in [6, 6.07) is 8.12. The fourth-order valence-corrected chi connectivity index (χ4v) is 2.71. The van der Waals surface area contributed by atoms with Crippen LogP contribution in [0.5, 0.6) is 0 Å². The van der Waals surface area contributed by atoms with Crippen molar-refractivity contribution in [2.75, 3.05) is 32.8 Å². The van der Waals surface area contributed by atoms with Crippen molar-refractivity contribution in [3.05, 3.63) is 34.3 Å². The summed E-state index contributed by atoms with van der Waals surface area (Å²) in [5.41, 5.74) is 1.13. The van der Waals surface area contributed by atoms with Crippen LogP contribution in [-0.4, -0.2) is 43.6 Å². The van der Waals surface area contributed by atoms with Crippen molar-refractivity contribution < 1.29 is 9.53 Å². The van der Waals surface area contributed by atoms with Gasteiger partial charge >= 0.3 is 0 Å². The van der Waals surface area contributed by atoms with Crippen LogP contribution >= 0.6 is 15.9 Å². The van der Waals surface area contributed by atoms with Crippen molar-refractivity contribution in [3.8, 4) is 0 Å². The average molecular weight is 325 g/mol. The van der Waals surface area contributed by atoms with E-state index < -0.39 is 0 Å². The second kappa shape index (κ2) is 5.61. The largest absolute Gasteiger partial charge is 0.370 e. The van der Waals surface area contributed by atoms with Crippen LogP contribution < -0.4 is 5.32 Å². The van der Waals surface area contributed by atoms with Gasteiger partial charge in [0.05, 0.1) is 19.1 Å². The Balaban J connectivity index is 1.67. The van der Waals surface area contributed by atoms with E-state index in [1.165, 1.54) is 0 Å². The molecule has 1 aromatic rings. The lowest BCUT2D eigenvalue weighted by Crippen LogP contribution is -2.54. The van der Waals surface area contributed by atoms with Crippen LogP contribution in [0.2, 0.25) is 0 Å².